The molecule has 1 unspecified atom stereocenters. The number of aliphatic imine (C=N–C) groups is 4. The summed E-state index contributed by atoms with van der Waals surface area (Å²) in [5, 5.41) is 0.920. The molecular weight excluding hydrogens is 210 g/mol. The van der Waals surface area contributed by atoms with Gasteiger partial charge in [-0.05, 0) is 12.2 Å². The quantitative estimate of drug-likeness (QED) is 0.726. The van der Waals surface area contributed by atoms with Crippen LogP contribution in [0.1, 0.15) is 19.8 Å². The first-order valence-electron chi connectivity index (χ1n) is 4.96. The predicted octanol–water partition coefficient (Wildman–Crippen LogP) is 1.06. The summed E-state index contributed by atoms with van der Waals surface area (Å²) in [6, 6.07) is -0.0980. The van der Waals surface area contributed by atoms with E-state index < -0.39 is 0 Å². The fraction of sp³-hybridized carbons (Fsp3) is 0.556. The fourth-order valence-electron chi connectivity index (χ4n) is 1.31. The van der Waals surface area contributed by atoms with Crippen molar-refractivity contribution < 1.29 is 0 Å². The number of hydrogen-bond acceptors (Lipinski definition) is 6. The maximum atomic E-state index is 5.60. The highest BCUT2D eigenvalue weighted by Gasteiger charge is 2.28. The third kappa shape index (κ3) is 2.26. The summed E-state index contributed by atoms with van der Waals surface area (Å²) in [7, 11) is 0. The highest BCUT2D eigenvalue weighted by molar-refractivity contribution is 8.14. The van der Waals surface area contributed by atoms with E-state index in [9.17, 15) is 0 Å². The van der Waals surface area contributed by atoms with Gasteiger partial charge in [-0.3, -0.25) is 4.99 Å². The van der Waals surface area contributed by atoms with E-state index in [2.05, 4.69) is 26.9 Å². The zero-order chi connectivity index (χ0) is 10.7. The van der Waals surface area contributed by atoms with Gasteiger partial charge in [0.15, 0.2) is 11.9 Å². The van der Waals surface area contributed by atoms with Crippen molar-refractivity contribution in [2.75, 3.05) is 5.75 Å². The van der Waals surface area contributed by atoms with E-state index >= 15 is 0 Å². The molecule has 0 aromatic heterocycles. The standard InChI is InChI=1S/C9H13N5S/c1-2-3-4-15-8-6-7(12-5-11-6)13-9(10)14-8/h5-6H,2-4H2,1H3,(H2,10,11,12,13). The Balaban J connectivity index is 2.06. The SMILES string of the molecule is CCCCSC1=NC(N)=NC2=NC=NC21. The monoisotopic (exact) mass is 223 g/mol. The van der Waals surface area contributed by atoms with Crippen molar-refractivity contribution in [3.8, 4) is 0 Å². The van der Waals surface area contributed by atoms with E-state index in [4.69, 9.17) is 5.73 Å². The topological polar surface area (TPSA) is 75.5 Å². The molecule has 2 N–H and O–H groups in total. The minimum atomic E-state index is -0.0980. The zero-order valence-corrected chi connectivity index (χ0v) is 9.37. The minimum absolute atomic E-state index is 0.0980. The minimum Gasteiger partial charge on any atom is -0.368 e. The summed E-state index contributed by atoms with van der Waals surface area (Å²) in [5.74, 6) is 2.00. The van der Waals surface area contributed by atoms with Gasteiger partial charge < -0.3 is 5.73 Å². The van der Waals surface area contributed by atoms with Crippen molar-refractivity contribution in [1.82, 2.24) is 0 Å². The lowest BCUT2D eigenvalue weighted by atomic mass is 10.3. The number of amidine groups is 1. The van der Waals surface area contributed by atoms with Gasteiger partial charge in [0.25, 0.3) is 0 Å². The lowest BCUT2D eigenvalue weighted by Crippen LogP contribution is -2.31. The molecule has 0 fully saturated rings. The number of nitrogens with zero attached hydrogens (tertiary/aromatic N) is 4. The van der Waals surface area contributed by atoms with E-state index in [0.717, 1.165) is 10.8 Å². The molecule has 0 aromatic rings. The second kappa shape index (κ2) is 4.57. The first-order valence-corrected chi connectivity index (χ1v) is 5.94. The molecule has 5 nitrogen and oxygen atoms in total. The van der Waals surface area contributed by atoms with Crippen molar-refractivity contribution in [3.63, 3.8) is 0 Å². The van der Waals surface area contributed by atoms with Crippen LogP contribution in [0.2, 0.25) is 0 Å². The van der Waals surface area contributed by atoms with Crippen molar-refractivity contribution in [2.45, 2.75) is 25.8 Å². The van der Waals surface area contributed by atoms with Crippen LogP contribution in [0.5, 0.6) is 0 Å². The average molecular weight is 223 g/mol. The number of nitrogens with two attached hydrogens (primary N) is 1. The largest absolute Gasteiger partial charge is 0.368 e. The van der Waals surface area contributed by atoms with Crippen LogP contribution in [0.25, 0.3) is 0 Å². The summed E-state index contributed by atoms with van der Waals surface area (Å²) >= 11 is 1.70. The lowest BCUT2D eigenvalue weighted by molar-refractivity contribution is 0.898. The van der Waals surface area contributed by atoms with Gasteiger partial charge in [0, 0.05) is 0 Å². The number of fused-ring (bicyclic) bond motifs is 1. The highest BCUT2D eigenvalue weighted by Crippen LogP contribution is 2.19. The van der Waals surface area contributed by atoms with Gasteiger partial charge in [0.1, 0.15) is 11.4 Å². The Hall–Kier alpha value is -1.17. The Morgan fingerprint density at radius 2 is 2.33 bits per heavy atom. The Morgan fingerprint density at radius 3 is 3.13 bits per heavy atom. The second-order valence-electron chi connectivity index (χ2n) is 3.28. The third-order valence-corrected chi connectivity index (χ3v) is 3.19. The normalized spacial score (nSPS) is 23.3. The smallest absolute Gasteiger partial charge is 0.222 e. The second-order valence-corrected chi connectivity index (χ2v) is 4.39. The van der Waals surface area contributed by atoms with E-state index in [1.165, 1.54) is 19.2 Å². The first kappa shape index (κ1) is 10.4. The molecule has 1 atom stereocenters. The summed E-state index contributed by atoms with van der Waals surface area (Å²) in [5.41, 5.74) is 5.60. The number of thioether (sulfide) groups is 1. The maximum Gasteiger partial charge on any atom is 0.222 e. The fourth-order valence-corrected chi connectivity index (χ4v) is 2.43. The van der Waals surface area contributed by atoms with Gasteiger partial charge in [-0.15, -0.1) is 11.8 Å². The summed E-state index contributed by atoms with van der Waals surface area (Å²) in [6.45, 7) is 2.17. The van der Waals surface area contributed by atoms with Crippen LogP contribution in [-0.4, -0.2) is 35.0 Å². The van der Waals surface area contributed by atoms with Gasteiger partial charge in [-0.25, -0.2) is 9.98 Å². The Morgan fingerprint density at radius 1 is 1.47 bits per heavy atom. The van der Waals surface area contributed by atoms with Gasteiger partial charge in [0.05, 0.1) is 0 Å². The van der Waals surface area contributed by atoms with Crippen LogP contribution in [-0.2, 0) is 0 Å². The molecule has 0 amide bonds. The number of unbranched alkanes of at least 4 members (excludes halogenated alkanes) is 1. The average Bonchev–Trinajstić information content (AvgIpc) is 2.65. The molecule has 2 rings (SSSR count). The van der Waals surface area contributed by atoms with E-state index in [1.54, 1.807) is 11.8 Å². The van der Waals surface area contributed by atoms with Gasteiger partial charge in [-0.1, -0.05) is 13.3 Å². The number of hydrogen-bond donors (Lipinski definition) is 1. The van der Waals surface area contributed by atoms with E-state index in [0.29, 0.717) is 5.84 Å². The molecule has 15 heavy (non-hydrogen) atoms. The summed E-state index contributed by atoms with van der Waals surface area (Å²) in [4.78, 5) is 16.5. The van der Waals surface area contributed by atoms with Crippen LogP contribution in [0.15, 0.2) is 20.0 Å². The van der Waals surface area contributed by atoms with Gasteiger partial charge in [0.2, 0.25) is 5.96 Å². The van der Waals surface area contributed by atoms with Crippen LogP contribution in [0.4, 0.5) is 0 Å². The van der Waals surface area contributed by atoms with Crippen LogP contribution < -0.4 is 5.73 Å². The van der Waals surface area contributed by atoms with Crippen LogP contribution in [0, 0.1) is 0 Å². The van der Waals surface area contributed by atoms with Gasteiger partial charge >= 0.3 is 0 Å². The molecule has 0 saturated heterocycles. The van der Waals surface area contributed by atoms with Crippen molar-refractivity contribution in [1.29, 1.82) is 0 Å². The third-order valence-electron chi connectivity index (χ3n) is 2.09. The molecular formula is C9H13N5S. The molecule has 2 heterocycles. The lowest BCUT2D eigenvalue weighted by Gasteiger charge is -2.14. The van der Waals surface area contributed by atoms with Crippen molar-refractivity contribution in [3.05, 3.63) is 0 Å². The summed E-state index contributed by atoms with van der Waals surface area (Å²) < 4.78 is 0. The number of rotatable bonds is 3. The molecule has 0 aliphatic carbocycles. The predicted molar refractivity (Wildman–Crippen MR) is 66.1 cm³/mol. The molecule has 6 heteroatoms. The van der Waals surface area contributed by atoms with Gasteiger partial charge in [-0.2, -0.15) is 4.99 Å². The maximum absolute atomic E-state index is 5.60. The van der Waals surface area contributed by atoms with E-state index in [1.807, 2.05) is 0 Å². The highest BCUT2D eigenvalue weighted by atomic mass is 32.2. The molecule has 0 bridgehead atoms. The van der Waals surface area contributed by atoms with E-state index in [-0.39, 0.29) is 12.0 Å². The first-order chi connectivity index (χ1) is 7.31. The Labute approximate surface area is 92.7 Å². The van der Waals surface area contributed by atoms with Crippen molar-refractivity contribution in [2.24, 2.45) is 25.7 Å². The molecule has 2 aliphatic rings. The van der Waals surface area contributed by atoms with Crippen molar-refractivity contribution >= 4 is 34.9 Å². The molecule has 0 saturated carbocycles. The molecule has 0 radical (unpaired) electrons. The van der Waals surface area contributed by atoms with Crippen LogP contribution >= 0.6 is 11.8 Å². The zero-order valence-electron chi connectivity index (χ0n) is 8.55. The molecule has 0 aromatic carbocycles. The Bertz CT molecular complexity index is 369. The molecule has 80 valence electrons. The summed E-state index contributed by atoms with van der Waals surface area (Å²) in [6.07, 6.45) is 3.88. The molecule has 2 aliphatic heterocycles. The number of guanidine groups is 1. The molecule has 0 spiro atoms. The Kier molecular flexibility index (Phi) is 3.15. The van der Waals surface area contributed by atoms with Crippen LogP contribution in [0.3, 0.4) is 0 Å².